The van der Waals surface area contributed by atoms with Gasteiger partial charge in [0.2, 0.25) is 5.91 Å². The standard InChI is InChI=1S/C19H21F2NO4/c20-13-2-3-14(15(21)8-13)18(4-1-5-18)16(23)22-9-12-10-26-7-6-19(12,11-22)17(24)25/h2-3,8,12H,1,4-7,9-11H2,(H,24,25)/t12-,19+/m0/s1. The molecule has 3 aliphatic rings. The van der Waals surface area contributed by atoms with Crippen molar-refractivity contribution in [1.29, 1.82) is 0 Å². The highest BCUT2D eigenvalue weighted by molar-refractivity contribution is 5.90. The number of nitrogens with zero attached hydrogens (tertiary/aromatic N) is 1. The van der Waals surface area contributed by atoms with Crippen molar-refractivity contribution >= 4 is 11.9 Å². The molecule has 1 saturated carbocycles. The molecule has 140 valence electrons. The minimum Gasteiger partial charge on any atom is -0.481 e. The van der Waals surface area contributed by atoms with E-state index >= 15 is 0 Å². The Morgan fingerprint density at radius 1 is 1.23 bits per heavy atom. The van der Waals surface area contributed by atoms with E-state index < -0.39 is 28.4 Å². The zero-order valence-corrected chi connectivity index (χ0v) is 14.3. The Bertz CT molecular complexity index is 764. The predicted molar refractivity (Wildman–Crippen MR) is 87.5 cm³/mol. The highest BCUT2D eigenvalue weighted by Gasteiger charge is 2.58. The summed E-state index contributed by atoms with van der Waals surface area (Å²) in [6, 6.07) is 3.32. The summed E-state index contributed by atoms with van der Waals surface area (Å²) >= 11 is 0. The van der Waals surface area contributed by atoms with Crippen molar-refractivity contribution in [2.24, 2.45) is 11.3 Å². The average Bonchev–Trinajstić information content (AvgIpc) is 2.96. The van der Waals surface area contributed by atoms with Crippen LogP contribution in [0.2, 0.25) is 0 Å². The molecule has 4 rings (SSSR count). The van der Waals surface area contributed by atoms with Crippen LogP contribution in [0.3, 0.4) is 0 Å². The third-order valence-electron chi connectivity index (χ3n) is 6.48. The molecule has 2 atom stereocenters. The van der Waals surface area contributed by atoms with Crippen molar-refractivity contribution < 1.29 is 28.2 Å². The molecule has 0 radical (unpaired) electrons. The second-order valence-corrected chi connectivity index (χ2v) is 7.73. The molecule has 5 nitrogen and oxygen atoms in total. The van der Waals surface area contributed by atoms with Crippen LogP contribution in [0.25, 0.3) is 0 Å². The molecule has 1 aliphatic carbocycles. The second kappa shape index (κ2) is 6.01. The molecule has 0 spiro atoms. The SMILES string of the molecule is O=C(N1C[C@H]2COCC[C@@]2(C(=O)O)C1)C1(c2ccc(F)cc2F)CCC1. The van der Waals surface area contributed by atoms with Crippen molar-refractivity contribution in [1.82, 2.24) is 4.90 Å². The molecule has 0 unspecified atom stereocenters. The lowest BCUT2D eigenvalue weighted by atomic mass is 9.63. The number of rotatable bonds is 3. The second-order valence-electron chi connectivity index (χ2n) is 7.73. The van der Waals surface area contributed by atoms with E-state index in [2.05, 4.69) is 0 Å². The number of likely N-dealkylation sites (tertiary alicyclic amines) is 1. The van der Waals surface area contributed by atoms with Gasteiger partial charge in [0.25, 0.3) is 0 Å². The minimum atomic E-state index is -1.01. The Kier molecular flexibility index (Phi) is 4.02. The third-order valence-corrected chi connectivity index (χ3v) is 6.48. The molecule has 1 aromatic rings. The topological polar surface area (TPSA) is 66.8 Å². The zero-order chi connectivity index (χ0) is 18.5. The molecule has 1 N–H and O–H groups in total. The van der Waals surface area contributed by atoms with Gasteiger partial charge < -0.3 is 14.7 Å². The first-order chi connectivity index (χ1) is 12.4. The van der Waals surface area contributed by atoms with Crippen molar-refractivity contribution in [3.8, 4) is 0 Å². The zero-order valence-electron chi connectivity index (χ0n) is 14.3. The average molecular weight is 365 g/mol. The fourth-order valence-corrected chi connectivity index (χ4v) is 4.76. The molecular formula is C19H21F2NO4. The summed E-state index contributed by atoms with van der Waals surface area (Å²) in [5.74, 6) is -2.80. The van der Waals surface area contributed by atoms with Gasteiger partial charge in [0.15, 0.2) is 0 Å². The van der Waals surface area contributed by atoms with Crippen molar-refractivity contribution in [2.75, 3.05) is 26.3 Å². The molecule has 3 fully saturated rings. The number of amides is 1. The number of aliphatic carboxylic acids is 1. The fraction of sp³-hybridized carbons (Fsp3) is 0.579. The van der Waals surface area contributed by atoms with Crippen LogP contribution in [-0.4, -0.2) is 48.2 Å². The Balaban J connectivity index is 1.65. The molecule has 1 aromatic carbocycles. The molecule has 7 heteroatoms. The van der Waals surface area contributed by atoms with Gasteiger partial charge in [0.05, 0.1) is 17.4 Å². The molecular weight excluding hydrogens is 344 g/mol. The lowest BCUT2D eigenvalue weighted by molar-refractivity contribution is -0.157. The van der Waals surface area contributed by atoms with Crippen LogP contribution >= 0.6 is 0 Å². The highest BCUT2D eigenvalue weighted by atomic mass is 19.1. The van der Waals surface area contributed by atoms with E-state index in [0.717, 1.165) is 12.5 Å². The summed E-state index contributed by atoms with van der Waals surface area (Å²) in [6.45, 7) is 1.10. The molecule has 0 aromatic heterocycles. The first-order valence-corrected chi connectivity index (χ1v) is 8.95. The molecule has 0 bridgehead atoms. The lowest BCUT2D eigenvalue weighted by Gasteiger charge is -2.43. The van der Waals surface area contributed by atoms with Gasteiger partial charge >= 0.3 is 5.97 Å². The molecule has 2 aliphatic heterocycles. The summed E-state index contributed by atoms with van der Waals surface area (Å²) in [5, 5.41) is 9.77. The minimum absolute atomic E-state index is 0.125. The van der Waals surface area contributed by atoms with E-state index in [0.29, 0.717) is 39.0 Å². The number of carbonyl (C=O) groups excluding carboxylic acids is 1. The van der Waals surface area contributed by atoms with Crippen LogP contribution in [0, 0.1) is 23.0 Å². The first kappa shape index (κ1) is 17.4. The maximum Gasteiger partial charge on any atom is 0.311 e. The van der Waals surface area contributed by atoms with Gasteiger partial charge in [-0.15, -0.1) is 0 Å². The summed E-state index contributed by atoms with van der Waals surface area (Å²) in [5.41, 5.74) is -1.78. The predicted octanol–water partition coefficient (Wildman–Crippen LogP) is 2.34. The van der Waals surface area contributed by atoms with Gasteiger partial charge in [-0.2, -0.15) is 0 Å². The van der Waals surface area contributed by atoms with E-state index in [9.17, 15) is 23.5 Å². The smallest absolute Gasteiger partial charge is 0.311 e. The number of carboxylic acids is 1. The largest absolute Gasteiger partial charge is 0.481 e. The molecule has 2 heterocycles. The van der Waals surface area contributed by atoms with Gasteiger partial charge in [-0.05, 0) is 25.3 Å². The highest BCUT2D eigenvalue weighted by Crippen LogP contribution is 2.49. The summed E-state index contributed by atoms with van der Waals surface area (Å²) in [4.78, 5) is 26.8. The van der Waals surface area contributed by atoms with Gasteiger partial charge in [0, 0.05) is 37.2 Å². The van der Waals surface area contributed by atoms with E-state index in [-0.39, 0.29) is 23.9 Å². The monoisotopic (exact) mass is 365 g/mol. The van der Waals surface area contributed by atoms with E-state index in [4.69, 9.17) is 4.74 Å². The Hall–Kier alpha value is -2.02. The Labute approximate surface area is 149 Å². The van der Waals surface area contributed by atoms with E-state index in [1.54, 1.807) is 4.90 Å². The van der Waals surface area contributed by atoms with Gasteiger partial charge in [-0.1, -0.05) is 12.5 Å². The fourth-order valence-electron chi connectivity index (χ4n) is 4.76. The third kappa shape index (κ3) is 2.36. The van der Waals surface area contributed by atoms with Gasteiger partial charge in [-0.3, -0.25) is 9.59 Å². The van der Waals surface area contributed by atoms with Crippen LogP contribution < -0.4 is 0 Å². The number of benzene rings is 1. The van der Waals surface area contributed by atoms with Crippen LogP contribution in [-0.2, 0) is 19.7 Å². The van der Waals surface area contributed by atoms with E-state index in [1.807, 2.05) is 0 Å². The van der Waals surface area contributed by atoms with Gasteiger partial charge in [0.1, 0.15) is 11.6 Å². The molecule has 2 saturated heterocycles. The van der Waals surface area contributed by atoms with E-state index in [1.165, 1.54) is 12.1 Å². The number of carboxylic acid groups (broad SMARTS) is 1. The van der Waals surface area contributed by atoms with Crippen LogP contribution in [0.1, 0.15) is 31.2 Å². The maximum absolute atomic E-state index is 14.4. The maximum atomic E-state index is 14.4. The summed E-state index contributed by atoms with van der Waals surface area (Å²) in [7, 11) is 0. The normalized spacial score (nSPS) is 29.8. The van der Waals surface area contributed by atoms with Gasteiger partial charge in [-0.25, -0.2) is 8.78 Å². The van der Waals surface area contributed by atoms with Crippen molar-refractivity contribution in [3.63, 3.8) is 0 Å². The first-order valence-electron chi connectivity index (χ1n) is 8.95. The molecule has 26 heavy (non-hydrogen) atoms. The summed E-state index contributed by atoms with van der Waals surface area (Å²) in [6.07, 6.45) is 2.14. The number of ether oxygens (including phenoxy) is 1. The Morgan fingerprint density at radius 3 is 2.58 bits per heavy atom. The quantitative estimate of drug-likeness (QED) is 0.893. The lowest BCUT2D eigenvalue weighted by Crippen LogP contribution is -2.51. The number of halogens is 2. The van der Waals surface area contributed by atoms with Crippen molar-refractivity contribution in [2.45, 2.75) is 31.1 Å². The van der Waals surface area contributed by atoms with Crippen molar-refractivity contribution in [3.05, 3.63) is 35.4 Å². The van der Waals surface area contributed by atoms with Crippen LogP contribution in [0.5, 0.6) is 0 Å². The van der Waals surface area contributed by atoms with Crippen LogP contribution in [0.15, 0.2) is 18.2 Å². The number of carbonyl (C=O) groups is 2. The molecule has 1 amide bonds. The Morgan fingerprint density at radius 2 is 2.00 bits per heavy atom. The number of hydrogen-bond acceptors (Lipinski definition) is 3. The number of hydrogen-bond donors (Lipinski definition) is 1. The van der Waals surface area contributed by atoms with Crippen LogP contribution in [0.4, 0.5) is 8.78 Å². The number of fused-ring (bicyclic) bond motifs is 1. The summed E-state index contributed by atoms with van der Waals surface area (Å²) < 4.78 is 33.1.